The standard InChI is InChI=1S/C29H30N2O4/c1-4-35-26-13-12-18(17-27(26)34-3)20-15-24-28(25(32)16-20)29(19-8-7-9-21(14-19)33-2)31-23-11-6-5-10-22(23)30-24/h5-14,17,20,29-31H,4,15-16H2,1-3H3. The molecule has 0 radical (unpaired) electrons. The first-order valence-electron chi connectivity index (χ1n) is 11.9. The molecule has 2 atom stereocenters. The molecule has 1 aliphatic carbocycles. The Morgan fingerprint density at radius 3 is 2.46 bits per heavy atom. The number of rotatable bonds is 6. The van der Waals surface area contributed by atoms with Crippen molar-refractivity contribution in [2.45, 2.75) is 31.7 Å². The third-order valence-electron chi connectivity index (χ3n) is 6.70. The van der Waals surface area contributed by atoms with Gasteiger partial charge < -0.3 is 24.8 Å². The van der Waals surface area contributed by atoms with Crippen LogP contribution in [0.15, 0.2) is 78.0 Å². The SMILES string of the molecule is CCOc1ccc(C2CC(=O)C3=C(C2)Nc2ccccc2NC3c2cccc(OC)c2)cc1OC. The average Bonchev–Trinajstić information content (AvgIpc) is 3.06. The maximum absolute atomic E-state index is 13.8. The molecule has 2 N–H and O–H groups in total. The molecule has 0 saturated carbocycles. The van der Waals surface area contributed by atoms with E-state index in [4.69, 9.17) is 14.2 Å². The number of methoxy groups -OCH3 is 2. The molecule has 3 aromatic rings. The molecule has 3 aromatic carbocycles. The summed E-state index contributed by atoms with van der Waals surface area (Å²) < 4.78 is 16.7. The normalized spacial score (nSPS) is 19.0. The van der Waals surface area contributed by atoms with E-state index in [0.717, 1.165) is 39.5 Å². The van der Waals surface area contributed by atoms with Gasteiger partial charge in [-0.3, -0.25) is 4.79 Å². The van der Waals surface area contributed by atoms with Crippen molar-refractivity contribution in [2.24, 2.45) is 0 Å². The van der Waals surface area contributed by atoms with E-state index in [-0.39, 0.29) is 17.7 Å². The highest BCUT2D eigenvalue weighted by molar-refractivity contribution is 6.01. The van der Waals surface area contributed by atoms with Crippen LogP contribution in [0.4, 0.5) is 11.4 Å². The zero-order chi connectivity index (χ0) is 24.4. The van der Waals surface area contributed by atoms with Gasteiger partial charge in [0.25, 0.3) is 0 Å². The minimum Gasteiger partial charge on any atom is -0.497 e. The molecule has 1 aliphatic heterocycles. The zero-order valence-electron chi connectivity index (χ0n) is 20.3. The number of allylic oxidation sites excluding steroid dienone is 1. The van der Waals surface area contributed by atoms with Crippen molar-refractivity contribution in [3.63, 3.8) is 0 Å². The van der Waals surface area contributed by atoms with Gasteiger partial charge in [-0.15, -0.1) is 0 Å². The second-order valence-electron chi connectivity index (χ2n) is 8.79. The molecule has 6 nitrogen and oxygen atoms in total. The van der Waals surface area contributed by atoms with Crippen molar-refractivity contribution in [3.8, 4) is 17.2 Å². The molecule has 0 aromatic heterocycles. The molecule has 2 unspecified atom stereocenters. The van der Waals surface area contributed by atoms with E-state index in [1.807, 2.05) is 73.7 Å². The molecule has 0 spiro atoms. The molecule has 0 saturated heterocycles. The molecule has 5 rings (SSSR count). The van der Waals surface area contributed by atoms with E-state index in [1.165, 1.54) is 0 Å². The number of benzene rings is 3. The van der Waals surface area contributed by atoms with Crippen molar-refractivity contribution in [3.05, 3.63) is 89.1 Å². The number of nitrogens with one attached hydrogen (secondary N) is 2. The van der Waals surface area contributed by atoms with Crippen LogP contribution in [0.3, 0.4) is 0 Å². The summed E-state index contributed by atoms with van der Waals surface area (Å²) in [7, 11) is 3.30. The number of fused-ring (bicyclic) bond motifs is 1. The number of hydrogen-bond donors (Lipinski definition) is 2. The molecular formula is C29H30N2O4. The summed E-state index contributed by atoms with van der Waals surface area (Å²) in [5.41, 5.74) is 5.71. The van der Waals surface area contributed by atoms with E-state index in [1.54, 1.807) is 14.2 Å². The number of ether oxygens (including phenoxy) is 3. The van der Waals surface area contributed by atoms with E-state index in [9.17, 15) is 4.79 Å². The Balaban J connectivity index is 1.56. The number of anilines is 2. The fourth-order valence-electron chi connectivity index (χ4n) is 5.01. The second-order valence-corrected chi connectivity index (χ2v) is 8.79. The summed E-state index contributed by atoms with van der Waals surface area (Å²) >= 11 is 0. The van der Waals surface area contributed by atoms with Crippen LogP contribution < -0.4 is 24.8 Å². The first-order chi connectivity index (χ1) is 17.1. The lowest BCUT2D eigenvalue weighted by atomic mass is 9.78. The predicted molar refractivity (Wildman–Crippen MR) is 138 cm³/mol. The highest BCUT2D eigenvalue weighted by Crippen LogP contribution is 2.45. The maximum atomic E-state index is 13.8. The smallest absolute Gasteiger partial charge is 0.163 e. The molecule has 0 amide bonds. The summed E-state index contributed by atoms with van der Waals surface area (Å²) in [6, 6.07) is 21.7. The molecule has 2 aliphatic rings. The van der Waals surface area contributed by atoms with Gasteiger partial charge in [0.2, 0.25) is 0 Å². The summed E-state index contributed by atoms with van der Waals surface area (Å²) in [5.74, 6) is 2.33. The lowest BCUT2D eigenvalue weighted by Gasteiger charge is -2.30. The highest BCUT2D eigenvalue weighted by atomic mass is 16.5. The van der Waals surface area contributed by atoms with Gasteiger partial charge in [0, 0.05) is 17.7 Å². The molecule has 6 heteroatoms. The largest absolute Gasteiger partial charge is 0.497 e. The van der Waals surface area contributed by atoms with E-state index in [0.29, 0.717) is 30.9 Å². The fourth-order valence-corrected chi connectivity index (χ4v) is 5.01. The van der Waals surface area contributed by atoms with Gasteiger partial charge in [0.1, 0.15) is 5.75 Å². The zero-order valence-corrected chi connectivity index (χ0v) is 20.3. The van der Waals surface area contributed by atoms with Crippen molar-refractivity contribution >= 4 is 17.2 Å². The van der Waals surface area contributed by atoms with Gasteiger partial charge in [0.05, 0.1) is 38.2 Å². The Labute approximate surface area is 205 Å². The monoisotopic (exact) mass is 470 g/mol. The number of para-hydroxylation sites is 2. The van der Waals surface area contributed by atoms with Crippen LogP contribution in [0.2, 0.25) is 0 Å². The fraction of sp³-hybridized carbons (Fsp3) is 0.276. The van der Waals surface area contributed by atoms with Gasteiger partial charge in [0.15, 0.2) is 17.3 Å². The quantitative estimate of drug-likeness (QED) is 0.455. The second kappa shape index (κ2) is 9.74. The number of carbonyl (C=O) groups excluding carboxylic acids is 1. The summed E-state index contributed by atoms with van der Waals surface area (Å²) in [6.45, 7) is 2.51. The minimum absolute atomic E-state index is 0.0366. The Bertz CT molecular complexity index is 1280. The molecule has 0 fully saturated rings. The van der Waals surface area contributed by atoms with E-state index in [2.05, 4.69) is 10.6 Å². The minimum atomic E-state index is -0.278. The first-order valence-corrected chi connectivity index (χ1v) is 11.9. The van der Waals surface area contributed by atoms with Crippen LogP contribution >= 0.6 is 0 Å². The third kappa shape index (κ3) is 4.44. The van der Waals surface area contributed by atoms with Crippen LogP contribution in [-0.2, 0) is 4.79 Å². The number of carbonyl (C=O) groups is 1. The molecule has 1 heterocycles. The van der Waals surface area contributed by atoms with Gasteiger partial charge in [-0.2, -0.15) is 0 Å². The van der Waals surface area contributed by atoms with Crippen molar-refractivity contribution in [1.82, 2.24) is 0 Å². The summed E-state index contributed by atoms with van der Waals surface area (Å²) in [4.78, 5) is 13.8. The van der Waals surface area contributed by atoms with Crippen molar-refractivity contribution < 1.29 is 19.0 Å². The van der Waals surface area contributed by atoms with Gasteiger partial charge >= 0.3 is 0 Å². The number of hydrogen-bond acceptors (Lipinski definition) is 6. The van der Waals surface area contributed by atoms with Crippen LogP contribution in [-0.4, -0.2) is 26.6 Å². The summed E-state index contributed by atoms with van der Waals surface area (Å²) in [5, 5.41) is 7.21. The first kappa shape index (κ1) is 22.8. The maximum Gasteiger partial charge on any atom is 0.163 e. The lowest BCUT2D eigenvalue weighted by molar-refractivity contribution is -0.116. The Hall–Kier alpha value is -3.93. The van der Waals surface area contributed by atoms with Crippen LogP contribution in [0.25, 0.3) is 0 Å². The molecule has 180 valence electrons. The van der Waals surface area contributed by atoms with Crippen LogP contribution in [0.5, 0.6) is 17.2 Å². The Kier molecular flexibility index (Phi) is 6.36. The lowest BCUT2D eigenvalue weighted by Crippen LogP contribution is -2.26. The number of ketones is 1. The van der Waals surface area contributed by atoms with Gasteiger partial charge in [-0.05, 0) is 66.8 Å². The van der Waals surface area contributed by atoms with E-state index < -0.39 is 0 Å². The van der Waals surface area contributed by atoms with Crippen LogP contribution in [0.1, 0.15) is 42.9 Å². The highest BCUT2D eigenvalue weighted by Gasteiger charge is 2.36. The Morgan fingerprint density at radius 1 is 0.857 bits per heavy atom. The molecular weight excluding hydrogens is 440 g/mol. The van der Waals surface area contributed by atoms with E-state index >= 15 is 0 Å². The van der Waals surface area contributed by atoms with Gasteiger partial charge in [-0.25, -0.2) is 0 Å². The summed E-state index contributed by atoms with van der Waals surface area (Å²) in [6.07, 6.45) is 1.14. The topological polar surface area (TPSA) is 68.8 Å². The molecule has 35 heavy (non-hydrogen) atoms. The predicted octanol–water partition coefficient (Wildman–Crippen LogP) is 6.08. The van der Waals surface area contributed by atoms with Gasteiger partial charge in [-0.1, -0.05) is 30.3 Å². The number of Topliss-reactive ketones (excluding diaryl/α,β-unsaturated/α-hetero) is 1. The van der Waals surface area contributed by atoms with Crippen molar-refractivity contribution in [2.75, 3.05) is 31.5 Å². The van der Waals surface area contributed by atoms with Crippen LogP contribution in [0, 0.1) is 0 Å². The average molecular weight is 471 g/mol. The van der Waals surface area contributed by atoms with Crippen molar-refractivity contribution in [1.29, 1.82) is 0 Å². The molecule has 0 bridgehead atoms. The third-order valence-corrected chi connectivity index (χ3v) is 6.70. The Morgan fingerprint density at radius 2 is 1.69 bits per heavy atom.